The molecule has 9 nitrogen and oxygen atoms in total. The maximum Gasteiger partial charge on any atom is 0.259 e. The van der Waals surface area contributed by atoms with Crippen molar-refractivity contribution in [2.24, 2.45) is 5.73 Å². The van der Waals surface area contributed by atoms with E-state index >= 15 is 0 Å². The van der Waals surface area contributed by atoms with Crippen molar-refractivity contribution < 1.29 is 18.9 Å². The summed E-state index contributed by atoms with van der Waals surface area (Å²) in [6, 6.07) is 11.0. The van der Waals surface area contributed by atoms with Crippen LogP contribution in [0.1, 0.15) is 28.3 Å². The molecule has 0 saturated carbocycles. The van der Waals surface area contributed by atoms with Gasteiger partial charge in [-0.15, -0.1) is 0 Å². The smallest absolute Gasteiger partial charge is 0.259 e. The van der Waals surface area contributed by atoms with Crippen LogP contribution in [0.4, 0.5) is 0 Å². The van der Waals surface area contributed by atoms with Crippen molar-refractivity contribution >= 4 is 0 Å². The van der Waals surface area contributed by atoms with Crippen LogP contribution < -0.4 is 30.2 Å². The predicted octanol–water partition coefficient (Wildman–Crippen LogP) is 2.84. The average molecular weight is 460 g/mol. The van der Waals surface area contributed by atoms with Gasteiger partial charge in [0.1, 0.15) is 17.4 Å². The third kappa shape index (κ3) is 3.79. The SMILES string of the molecule is COc1cc(Cn2c(C)cc3c(c2=O)C(c2cccnc2)C(C#N)=C(N)O3)cc(OC)c1OC. The Labute approximate surface area is 196 Å². The standard InChI is InChI=1S/C25H24N4O5/c1-14-8-18-22(21(16-6-5-7-28-12-16)17(11-26)24(27)34-18)25(30)29(14)13-15-9-19(31-2)23(33-4)20(10-15)32-3/h5-10,12,21H,13,27H2,1-4H3. The summed E-state index contributed by atoms with van der Waals surface area (Å²) in [5.41, 5.74) is 8.36. The summed E-state index contributed by atoms with van der Waals surface area (Å²) in [7, 11) is 4.60. The third-order valence-corrected chi connectivity index (χ3v) is 5.77. The molecule has 1 aromatic carbocycles. The second-order valence-electron chi connectivity index (χ2n) is 7.70. The van der Waals surface area contributed by atoms with Gasteiger partial charge in [-0.25, -0.2) is 0 Å². The summed E-state index contributed by atoms with van der Waals surface area (Å²) in [5.74, 6) is 1.05. The van der Waals surface area contributed by atoms with Crippen LogP contribution in [0.15, 0.2) is 59.0 Å². The topological polar surface area (TPSA) is 122 Å². The zero-order chi connectivity index (χ0) is 24.4. The van der Waals surface area contributed by atoms with E-state index in [1.165, 1.54) is 21.3 Å². The van der Waals surface area contributed by atoms with E-state index in [2.05, 4.69) is 11.1 Å². The summed E-state index contributed by atoms with van der Waals surface area (Å²) in [5, 5.41) is 9.80. The van der Waals surface area contributed by atoms with Crippen molar-refractivity contribution in [1.82, 2.24) is 9.55 Å². The Morgan fingerprint density at radius 1 is 1.18 bits per heavy atom. The number of nitrogens with zero attached hydrogens (tertiary/aromatic N) is 3. The van der Waals surface area contributed by atoms with Gasteiger partial charge in [-0.05, 0) is 36.2 Å². The lowest BCUT2D eigenvalue weighted by molar-refractivity contribution is 0.323. The zero-order valence-corrected chi connectivity index (χ0v) is 19.3. The number of methoxy groups -OCH3 is 3. The number of allylic oxidation sites excluding steroid dienone is 1. The Morgan fingerprint density at radius 3 is 2.44 bits per heavy atom. The number of fused-ring (bicyclic) bond motifs is 1. The van der Waals surface area contributed by atoms with Gasteiger partial charge in [0.05, 0.1) is 39.4 Å². The summed E-state index contributed by atoms with van der Waals surface area (Å²) in [6.45, 7) is 2.04. The number of ether oxygens (including phenoxy) is 4. The van der Waals surface area contributed by atoms with Crippen molar-refractivity contribution in [2.75, 3.05) is 21.3 Å². The summed E-state index contributed by atoms with van der Waals surface area (Å²) in [6.07, 6.45) is 3.24. The average Bonchev–Trinajstić information content (AvgIpc) is 2.85. The number of nitrogens with two attached hydrogens (primary N) is 1. The number of aryl methyl sites for hydroxylation is 1. The van der Waals surface area contributed by atoms with Crippen LogP contribution in [0.25, 0.3) is 0 Å². The summed E-state index contributed by atoms with van der Waals surface area (Å²) >= 11 is 0. The van der Waals surface area contributed by atoms with E-state index in [1.807, 2.05) is 6.92 Å². The zero-order valence-electron chi connectivity index (χ0n) is 19.3. The van der Waals surface area contributed by atoms with E-state index in [9.17, 15) is 10.1 Å². The Balaban J connectivity index is 1.89. The van der Waals surface area contributed by atoms with E-state index in [-0.39, 0.29) is 23.6 Å². The van der Waals surface area contributed by atoms with Crippen LogP contribution in [0.5, 0.6) is 23.0 Å². The molecule has 3 heterocycles. The number of hydrogen-bond acceptors (Lipinski definition) is 8. The summed E-state index contributed by atoms with van der Waals surface area (Å²) in [4.78, 5) is 18.0. The lowest BCUT2D eigenvalue weighted by Gasteiger charge is -2.27. The lowest BCUT2D eigenvalue weighted by atomic mass is 9.85. The molecule has 0 bridgehead atoms. The Bertz CT molecular complexity index is 1350. The van der Waals surface area contributed by atoms with E-state index in [1.54, 1.807) is 47.3 Å². The third-order valence-electron chi connectivity index (χ3n) is 5.77. The first kappa shape index (κ1) is 22.7. The molecule has 0 saturated heterocycles. The molecule has 1 atom stereocenters. The van der Waals surface area contributed by atoms with Gasteiger partial charge >= 0.3 is 0 Å². The molecule has 0 aliphatic carbocycles. The van der Waals surface area contributed by atoms with Crippen LogP contribution in [-0.2, 0) is 6.54 Å². The Morgan fingerprint density at radius 2 is 1.88 bits per heavy atom. The molecule has 0 amide bonds. The normalized spacial score (nSPS) is 14.6. The molecule has 1 aliphatic heterocycles. The van der Waals surface area contributed by atoms with Crippen LogP contribution in [0.2, 0.25) is 0 Å². The van der Waals surface area contributed by atoms with Gasteiger partial charge in [-0.2, -0.15) is 5.26 Å². The molecule has 4 rings (SSSR count). The maximum atomic E-state index is 13.8. The van der Waals surface area contributed by atoms with Crippen molar-refractivity contribution in [3.05, 3.63) is 86.9 Å². The molecule has 1 unspecified atom stereocenters. The highest BCUT2D eigenvalue weighted by molar-refractivity contribution is 5.56. The van der Waals surface area contributed by atoms with Gasteiger partial charge in [0.25, 0.3) is 5.56 Å². The highest BCUT2D eigenvalue weighted by Crippen LogP contribution is 2.41. The molecular formula is C25H24N4O5. The van der Waals surface area contributed by atoms with Gasteiger partial charge in [0.2, 0.25) is 11.6 Å². The molecule has 9 heteroatoms. The molecule has 1 aliphatic rings. The molecule has 2 aromatic heterocycles. The lowest BCUT2D eigenvalue weighted by Crippen LogP contribution is -2.33. The van der Waals surface area contributed by atoms with Crippen molar-refractivity contribution in [1.29, 1.82) is 5.26 Å². The highest BCUT2D eigenvalue weighted by Gasteiger charge is 2.34. The molecule has 0 spiro atoms. The van der Waals surface area contributed by atoms with Gasteiger partial charge in [-0.1, -0.05) is 6.07 Å². The van der Waals surface area contributed by atoms with Gasteiger partial charge < -0.3 is 29.2 Å². The number of rotatable bonds is 6. The second-order valence-corrected chi connectivity index (χ2v) is 7.70. The van der Waals surface area contributed by atoms with Crippen LogP contribution in [-0.4, -0.2) is 30.9 Å². The number of aromatic nitrogens is 2. The number of benzene rings is 1. The van der Waals surface area contributed by atoms with Crippen LogP contribution in [0.3, 0.4) is 0 Å². The quantitative estimate of drug-likeness (QED) is 0.596. The monoisotopic (exact) mass is 460 g/mol. The number of hydrogen-bond donors (Lipinski definition) is 1. The largest absolute Gasteiger partial charge is 0.493 e. The van der Waals surface area contributed by atoms with E-state index in [4.69, 9.17) is 24.7 Å². The Kier molecular flexibility index (Phi) is 6.15. The fraction of sp³-hybridized carbons (Fsp3) is 0.240. The molecule has 0 fully saturated rings. The van der Waals surface area contributed by atoms with Crippen LogP contribution in [0, 0.1) is 18.3 Å². The van der Waals surface area contributed by atoms with Crippen LogP contribution >= 0.6 is 0 Å². The second kappa shape index (κ2) is 9.19. The van der Waals surface area contributed by atoms with Gasteiger partial charge in [-0.3, -0.25) is 9.78 Å². The van der Waals surface area contributed by atoms with E-state index in [0.717, 1.165) is 5.56 Å². The molecule has 34 heavy (non-hydrogen) atoms. The Hall–Kier alpha value is -4.45. The van der Waals surface area contributed by atoms with E-state index in [0.29, 0.717) is 39.8 Å². The highest BCUT2D eigenvalue weighted by atomic mass is 16.5. The van der Waals surface area contributed by atoms with Crippen molar-refractivity contribution in [3.63, 3.8) is 0 Å². The fourth-order valence-corrected chi connectivity index (χ4v) is 4.17. The molecule has 2 N–H and O–H groups in total. The van der Waals surface area contributed by atoms with Crippen molar-refractivity contribution in [3.8, 4) is 29.1 Å². The first-order valence-electron chi connectivity index (χ1n) is 10.4. The number of nitriles is 1. The molecule has 3 aromatic rings. The van der Waals surface area contributed by atoms with Crippen molar-refractivity contribution in [2.45, 2.75) is 19.4 Å². The minimum atomic E-state index is -0.693. The molecule has 0 radical (unpaired) electrons. The first-order chi connectivity index (χ1) is 16.4. The number of pyridine rings is 2. The van der Waals surface area contributed by atoms with E-state index < -0.39 is 5.92 Å². The first-order valence-corrected chi connectivity index (χ1v) is 10.4. The van der Waals surface area contributed by atoms with Gasteiger partial charge in [0.15, 0.2) is 11.5 Å². The molecular weight excluding hydrogens is 436 g/mol. The predicted molar refractivity (Wildman–Crippen MR) is 124 cm³/mol. The van der Waals surface area contributed by atoms with Gasteiger partial charge in [0, 0.05) is 24.2 Å². The summed E-state index contributed by atoms with van der Waals surface area (Å²) < 4.78 is 23.6. The minimum absolute atomic E-state index is 0.0231. The minimum Gasteiger partial charge on any atom is -0.493 e. The maximum absolute atomic E-state index is 13.8. The molecule has 174 valence electrons. The fourth-order valence-electron chi connectivity index (χ4n) is 4.17.